The van der Waals surface area contributed by atoms with Gasteiger partial charge in [0.15, 0.2) is 5.58 Å². The van der Waals surface area contributed by atoms with E-state index in [9.17, 15) is 18.0 Å². The van der Waals surface area contributed by atoms with E-state index in [-0.39, 0.29) is 27.7 Å². The maximum absolute atomic E-state index is 12.8. The number of nitrogens with one attached hydrogen (secondary N) is 1. The van der Waals surface area contributed by atoms with E-state index in [1.165, 1.54) is 32.9 Å². The molecule has 4 aromatic rings. The van der Waals surface area contributed by atoms with Crippen LogP contribution in [0.4, 0.5) is 0 Å². The predicted octanol–water partition coefficient (Wildman–Crippen LogP) is 1.45. The normalized spacial score (nSPS) is 12.3. The van der Waals surface area contributed by atoms with Crippen molar-refractivity contribution in [2.75, 3.05) is 0 Å². The second kappa shape index (κ2) is 6.61. The first-order valence-electron chi connectivity index (χ1n) is 8.53. The van der Waals surface area contributed by atoms with E-state index in [1.807, 2.05) is 0 Å². The summed E-state index contributed by atoms with van der Waals surface area (Å²) in [5.74, 6) is -0.611. The van der Waals surface area contributed by atoms with Crippen LogP contribution in [-0.4, -0.2) is 22.1 Å². The summed E-state index contributed by atoms with van der Waals surface area (Å²) in [5.41, 5.74) is 2.47. The Hall–Kier alpha value is -2.82. The number of sulfonamides is 1. The lowest BCUT2D eigenvalue weighted by Gasteiger charge is -2.09. The summed E-state index contributed by atoms with van der Waals surface area (Å²) in [6.45, 7) is -0.00549. The Morgan fingerprint density at radius 2 is 1.66 bits per heavy atom. The zero-order chi connectivity index (χ0) is 21.1. The Bertz CT molecular complexity index is 1510. The number of rotatable bonds is 4. The van der Waals surface area contributed by atoms with Gasteiger partial charge in [0, 0.05) is 33.8 Å². The van der Waals surface area contributed by atoms with Crippen molar-refractivity contribution in [1.29, 1.82) is 0 Å². The van der Waals surface area contributed by atoms with Crippen molar-refractivity contribution in [2.24, 2.45) is 21.1 Å². The Morgan fingerprint density at radius 3 is 2.38 bits per heavy atom. The molecule has 0 bridgehead atoms. The van der Waals surface area contributed by atoms with Gasteiger partial charge in [0.05, 0.1) is 21.6 Å². The van der Waals surface area contributed by atoms with Crippen LogP contribution in [-0.2, 0) is 37.7 Å². The van der Waals surface area contributed by atoms with E-state index in [4.69, 9.17) is 16.0 Å². The van der Waals surface area contributed by atoms with Gasteiger partial charge in [0.1, 0.15) is 4.90 Å². The molecule has 9 nitrogen and oxygen atoms in total. The number of oxazole rings is 1. The highest BCUT2D eigenvalue weighted by Gasteiger charge is 2.21. The molecule has 2 heterocycles. The van der Waals surface area contributed by atoms with Crippen LogP contribution in [0.1, 0.15) is 5.56 Å². The fraction of sp³-hybridized carbons (Fsp3) is 0.222. The molecule has 1 N–H and O–H groups in total. The molecule has 0 aliphatic rings. The zero-order valence-electron chi connectivity index (χ0n) is 15.8. The van der Waals surface area contributed by atoms with Crippen molar-refractivity contribution in [1.82, 2.24) is 18.4 Å². The molecule has 11 heteroatoms. The third-order valence-electron chi connectivity index (χ3n) is 4.94. The molecule has 0 radical (unpaired) electrons. The Kier molecular flexibility index (Phi) is 4.45. The van der Waals surface area contributed by atoms with Crippen LogP contribution in [0.15, 0.2) is 49.2 Å². The third kappa shape index (κ3) is 3.09. The average Bonchev–Trinajstić information content (AvgIpc) is 3.08. The molecule has 0 fully saturated rings. The topological polar surface area (TPSA) is 108 Å². The van der Waals surface area contributed by atoms with Gasteiger partial charge in [-0.3, -0.25) is 13.7 Å². The maximum Gasteiger partial charge on any atom is 0.419 e. The highest BCUT2D eigenvalue weighted by Crippen LogP contribution is 2.27. The van der Waals surface area contributed by atoms with Crippen LogP contribution in [0, 0.1) is 0 Å². The summed E-state index contributed by atoms with van der Waals surface area (Å²) in [5, 5.41) is -0.0256. The molecule has 0 aliphatic heterocycles. The number of imidazole rings is 1. The minimum absolute atomic E-state index is 0.00549. The molecule has 0 amide bonds. The highest BCUT2D eigenvalue weighted by atomic mass is 35.5. The van der Waals surface area contributed by atoms with Crippen LogP contribution < -0.4 is 16.2 Å². The van der Waals surface area contributed by atoms with Gasteiger partial charge in [0.2, 0.25) is 10.0 Å². The van der Waals surface area contributed by atoms with Crippen LogP contribution in [0.3, 0.4) is 0 Å². The number of nitrogens with zero attached hydrogens (tertiary/aromatic N) is 3. The molecular formula is C18H17ClN4O5S. The summed E-state index contributed by atoms with van der Waals surface area (Å²) >= 11 is 6.15. The molecule has 0 saturated heterocycles. The van der Waals surface area contributed by atoms with E-state index < -0.39 is 15.8 Å². The van der Waals surface area contributed by atoms with Crippen LogP contribution in [0.25, 0.3) is 22.1 Å². The number of aryl methyl sites for hydroxylation is 3. The molecule has 2 aromatic carbocycles. The number of hydrogen-bond acceptors (Lipinski definition) is 5. The summed E-state index contributed by atoms with van der Waals surface area (Å²) in [4.78, 5) is 23.5. The summed E-state index contributed by atoms with van der Waals surface area (Å²) in [6, 6.07) is 7.86. The molecule has 0 aliphatic carbocycles. The smallest absolute Gasteiger partial charge is 0.408 e. The fourth-order valence-electron chi connectivity index (χ4n) is 3.25. The molecule has 2 aromatic heterocycles. The van der Waals surface area contributed by atoms with Gasteiger partial charge in [-0.05, 0) is 23.8 Å². The SMILES string of the molecule is Cn1c(=O)oc2cc(S(=O)(=O)NCc3ccc4c(c3)n(C)c(=O)n4C)c(Cl)cc21. The maximum atomic E-state index is 12.8. The minimum Gasteiger partial charge on any atom is -0.408 e. The van der Waals surface area contributed by atoms with Gasteiger partial charge in [-0.2, -0.15) is 0 Å². The molecule has 0 unspecified atom stereocenters. The minimum atomic E-state index is -3.98. The third-order valence-corrected chi connectivity index (χ3v) is 6.80. The van der Waals surface area contributed by atoms with Gasteiger partial charge < -0.3 is 4.42 Å². The number of fused-ring (bicyclic) bond motifs is 2. The van der Waals surface area contributed by atoms with Gasteiger partial charge >= 0.3 is 11.4 Å². The first-order chi connectivity index (χ1) is 13.6. The molecule has 0 spiro atoms. The molecule has 4 rings (SSSR count). The standard InChI is InChI=1S/C18H17ClN4O5S/c1-21-12-5-4-10(6-13(12)22(2)17(21)24)9-20-29(26,27)16-8-15-14(7-11(16)19)23(3)18(25)28-15/h4-8,20H,9H2,1-3H3. The summed E-state index contributed by atoms with van der Waals surface area (Å²) < 4.78 is 37.3. The largest absolute Gasteiger partial charge is 0.419 e. The van der Waals surface area contributed by atoms with Crippen LogP contribution >= 0.6 is 11.6 Å². The second-order valence-corrected chi connectivity index (χ2v) is 8.87. The van der Waals surface area contributed by atoms with Gasteiger partial charge in [-0.15, -0.1) is 0 Å². The lowest BCUT2D eigenvalue weighted by atomic mass is 10.2. The first kappa shape index (κ1) is 19.5. The second-order valence-electron chi connectivity index (χ2n) is 6.73. The molecule has 0 saturated carbocycles. The lowest BCUT2D eigenvalue weighted by Crippen LogP contribution is -2.23. The van der Waals surface area contributed by atoms with Crippen molar-refractivity contribution in [3.8, 4) is 0 Å². The first-order valence-corrected chi connectivity index (χ1v) is 10.4. The van der Waals surface area contributed by atoms with E-state index in [0.29, 0.717) is 16.6 Å². The molecule has 0 atom stereocenters. The van der Waals surface area contributed by atoms with E-state index in [1.54, 1.807) is 32.3 Å². The Balaban J connectivity index is 1.67. The summed E-state index contributed by atoms with van der Waals surface area (Å²) in [7, 11) is 0.854. The number of benzene rings is 2. The number of hydrogen-bond donors (Lipinski definition) is 1. The Morgan fingerprint density at radius 1 is 0.966 bits per heavy atom. The number of halogens is 1. The highest BCUT2D eigenvalue weighted by molar-refractivity contribution is 7.89. The van der Waals surface area contributed by atoms with Gasteiger partial charge in [-0.25, -0.2) is 22.7 Å². The lowest BCUT2D eigenvalue weighted by molar-refractivity contribution is 0.527. The van der Waals surface area contributed by atoms with Crippen molar-refractivity contribution in [2.45, 2.75) is 11.4 Å². The molecular weight excluding hydrogens is 420 g/mol. The van der Waals surface area contributed by atoms with Crippen LogP contribution in [0.5, 0.6) is 0 Å². The summed E-state index contributed by atoms with van der Waals surface area (Å²) in [6.07, 6.45) is 0. The average molecular weight is 437 g/mol. The fourth-order valence-corrected chi connectivity index (χ4v) is 4.81. The van der Waals surface area contributed by atoms with Gasteiger partial charge in [0.25, 0.3) is 0 Å². The monoisotopic (exact) mass is 436 g/mol. The van der Waals surface area contributed by atoms with Crippen molar-refractivity contribution < 1.29 is 12.8 Å². The van der Waals surface area contributed by atoms with Crippen molar-refractivity contribution in [3.63, 3.8) is 0 Å². The molecule has 29 heavy (non-hydrogen) atoms. The molecule has 152 valence electrons. The van der Waals surface area contributed by atoms with Crippen molar-refractivity contribution in [3.05, 3.63) is 62.0 Å². The van der Waals surface area contributed by atoms with E-state index in [0.717, 1.165) is 5.52 Å². The van der Waals surface area contributed by atoms with Crippen molar-refractivity contribution >= 4 is 43.8 Å². The van der Waals surface area contributed by atoms with E-state index >= 15 is 0 Å². The quantitative estimate of drug-likeness (QED) is 0.521. The van der Waals surface area contributed by atoms with Gasteiger partial charge in [-0.1, -0.05) is 17.7 Å². The number of aromatic nitrogens is 3. The van der Waals surface area contributed by atoms with Crippen LogP contribution in [0.2, 0.25) is 5.02 Å². The Labute approximate surface area is 169 Å². The predicted molar refractivity (Wildman–Crippen MR) is 109 cm³/mol. The zero-order valence-corrected chi connectivity index (χ0v) is 17.3. The van der Waals surface area contributed by atoms with E-state index in [2.05, 4.69) is 4.72 Å².